The van der Waals surface area contributed by atoms with E-state index in [9.17, 15) is 14.0 Å². The second-order valence-electron chi connectivity index (χ2n) is 5.33. The van der Waals surface area contributed by atoms with E-state index in [0.29, 0.717) is 22.4 Å². The number of nitrogens with zero attached hydrogens (tertiary/aromatic N) is 2. The molecule has 0 saturated carbocycles. The number of pyridine rings is 1. The van der Waals surface area contributed by atoms with Crippen LogP contribution in [0.25, 0.3) is 22.4 Å². The van der Waals surface area contributed by atoms with E-state index >= 15 is 0 Å². The van der Waals surface area contributed by atoms with Crippen molar-refractivity contribution in [3.8, 4) is 28.5 Å². The first kappa shape index (κ1) is 15.6. The van der Waals surface area contributed by atoms with E-state index < -0.39 is 11.6 Å². The van der Waals surface area contributed by atoms with Gasteiger partial charge >= 0.3 is 0 Å². The maximum absolute atomic E-state index is 13.7. The standard InChI is InChI=1S/C19H13F2N3/c1-11-17(13-7-8-15(20)16(21)9-13)14(10-22)19(23)24-18(11)12-5-3-2-4-6-12/h2-9H,1H3,(H2,23,24). The molecule has 0 aliphatic heterocycles. The minimum atomic E-state index is -0.979. The summed E-state index contributed by atoms with van der Waals surface area (Å²) in [5, 5.41) is 9.43. The van der Waals surface area contributed by atoms with Gasteiger partial charge in [-0.2, -0.15) is 5.26 Å². The number of hydrogen-bond donors (Lipinski definition) is 1. The van der Waals surface area contributed by atoms with Gasteiger partial charge in [-0.25, -0.2) is 13.8 Å². The molecule has 0 amide bonds. The third kappa shape index (κ3) is 2.59. The first-order valence-electron chi connectivity index (χ1n) is 7.24. The van der Waals surface area contributed by atoms with Crippen LogP contribution < -0.4 is 5.73 Å². The largest absolute Gasteiger partial charge is 0.383 e. The molecule has 0 fully saturated rings. The number of rotatable bonds is 2. The summed E-state index contributed by atoms with van der Waals surface area (Å²) in [4.78, 5) is 4.33. The Kier molecular flexibility index (Phi) is 3.97. The molecule has 0 radical (unpaired) electrons. The summed E-state index contributed by atoms with van der Waals surface area (Å²) < 4.78 is 26.9. The first-order chi connectivity index (χ1) is 11.5. The van der Waals surface area contributed by atoms with Crippen LogP contribution in [0.4, 0.5) is 14.6 Å². The third-order valence-electron chi connectivity index (χ3n) is 3.84. The maximum atomic E-state index is 13.7. The van der Waals surface area contributed by atoms with E-state index in [2.05, 4.69) is 4.98 Å². The smallest absolute Gasteiger partial charge is 0.159 e. The molecule has 0 atom stereocenters. The molecule has 3 aromatic rings. The summed E-state index contributed by atoms with van der Waals surface area (Å²) in [6.45, 7) is 1.78. The number of aromatic nitrogens is 1. The summed E-state index contributed by atoms with van der Waals surface area (Å²) in [7, 11) is 0. The van der Waals surface area contributed by atoms with Crippen molar-refractivity contribution in [3.05, 3.63) is 71.3 Å². The lowest BCUT2D eigenvalue weighted by Crippen LogP contribution is -2.03. The highest BCUT2D eigenvalue weighted by Gasteiger charge is 2.19. The van der Waals surface area contributed by atoms with E-state index in [-0.39, 0.29) is 11.4 Å². The predicted molar refractivity (Wildman–Crippen MR) is 88.9 cm³/mol. The summed E-state index contributed by atoms with van der Waals surface area (Å²) in [5.41, 5.74) is 9.05. The Morgan fingerprint density at radius 1 is 1.00 bits per heavy atom. The van der Waals surface area contributed by atoms with Crippen LogP contribution in [0.2, 0.25) is 0 Å². The molecule has 0 aliphatic rings. The maximum Gasteiger partial charge on any atom is 0.159 e. The molecule has 5 heteroatoms. The normalized spacial score (nSPS) is 10.4. The minimum absolute atomic E-state index is 0.0571. The molecule has 118 valence electrons. The predicted octanol–water partition coefficient (Wildman–Crippen LogP) is 4.46. The molecule has 0 saturated heterocycles. The van der Waals surface area contributed by atoms with Gasteiger partial charge in [0.05, 0.1) is 5.69 Å². The zero-order chi connectivity index (χ0) is 17.3. The molecular formula is C19H13F2N3. The molecule has 3 rings (SSSR count). The van der Waals surface area contributed by atoms with Crippen LogP contribution in [0.15, 0.2) is 48.5 Å². The van der Waals surface area contributed by atoms with Gasteiger partial charge in [-0.15, -0.1) is 0 Å². The van der Waals surface area contributed by atoms with Gasteiger partial charge in [-0.05, 0) is 30.2 Å². The highest BCUT2D eigenvalue weighted by Crippen LogP contribution is 2.36. The van der Waals surface area contributed by atoms with Gasteiger partial charge < -0.3 is 5.73 Å². The summed E-state index contributed by atoms with van der Waals surface area (Å²) >= 11 is 0. The highest BCUT2D eigenvalue weighted by atomic mass is 19.2. The lowest BCUT2D eigenvalue weighted by molar-refractivity contribution is 0.509. The zero-order valence-corrected chi connectivity index (χ0v) is 12.8. The third-order valence-corrected chi connectivity index (χ3v) is 3.84. The molecule has 0 spiro atoms. The second kappa shape index (κ2) is 6.09. The Balaban J connectivity index is 2.34. The van der Waals surface area contributed by atoms with Crippen LogP contribution in [0, 0.1) is 29.9 Å². The lowest BCUT2D eigenvalue weighted by atomic mass is 9.93. The number of benzene rings is 2. The van der Waals surface area contributed by atoms with Crippen LogP contribution in [0.1, 0.15) is 11.1 Å². The van der Waals surface area contributed by atoms with Crippen molar-refractivity contribution in [1.29, 1.82) is 5.26 Å². The summed E-state index contributed by atoms with van der Waals surface area (Å²) in [6, 6.07) is 14.9. The fourth-order valence-electron chi connectivity index (χ4n) is 2.70. The van der Waals surface area contributed by atoms with Gasteiger partial charge in [0.2, 0.25) is 0 Å². The van der Waals surface area contributed by atoms with Crippen molar-refractivity contribution in [2.24, 2.45) is 0 Å². The van der Waals surface area contributed by atoms with E-state index in [0.717, 1.165) is 17.7 Å². The number of anilines is 1. The fourth-order valence-corrected chi connectivity index (χ4v) is 2.70. The molecule has 24 heavy (non-hydrogen) atoms. The average molecular weight is 321 g/mol. The molecule has 1 aromatic heterocycles. The average Bonchev–Trinajstić information content (AvgIpc) is 2.59. The molecule has 1 heterocycles. The Labute approximate surface area is 138 Å². The van der Waals surface area contributed by atoms with E-state index in [4.69, 9.17) is 5.73 Å². The Bertz CT molecular complexity index is 961. The van der Waals surface area contributed by atoms with E-state index in [1.165, 1.54) is 6.07 Å². The quantitative estimate of drug-likeness (QED) is 0.758. The monoisotopic (exact) mass is 321 g/mol. The topological polar surface area (TPSA) is 62.7 Å². The lowest BCUT2D eigenvalue weighted by Gasteiger charge is -2.15. The molecule has 0 aliphatic carbocycles. The summed E-state index contributed by atoms with van der Waals surface area (Å²) in [5.74, 6) is -1.87. The van der Waals surface area contributed by atoms with Crippen LogP contribution in [-0.4, -0.2) is 4.98 Å². The molecule has 2 aromatic carbocycles. The number of nitrogen functional groups attached to an aromatic ring is 1. The first-order valence-corrected chi connectivity index (χ1v) is 7.24. The van der Waals surface area contributed by atoms with Gasteiger partial charge in [0.15, 0.2) is 11.6 Å². The van der Waals surface area contributed by atoms with Gasteiger partial charge in [0, 0.05) is 11.1 Å². The number of nitrogens with two attached hydrogens (primary N) is 1. The Morgan fingerprint density at radius 2 is 1.71 bits per heavy atom. The summed E-state index contributed by atoms with van der Waals surface area (Å²) in [6.07, 6.45) is 0. The number of nitriles is 1. The van der Waals surface area contributed by atoms with Crippen molar-refractivity contribution in [2.75, 3.05) is 5.73 Å². The van der Waals surface area contributed by atoms with E-state index in [1.807, 2.05) is 36.4 Å². The second-order valence-corrected chi connectivity index (χ2v) is 5.33. The fraction of sp³-hybridized carbons (Fsp3) is 0.0526. The van der Waals surface area contributed by atoms with Crippen molar-refractivity contribution >= 4 is 5.82 Å². The van der Waals surface area contributed by atoms with Gasteiger partial charge in [-0.1, -0.05) is 36.4 Å². The van der Waals surface area contributed by atoms with Crippen LogP contribution in [0.5, 0.6) is 0 Å². The van der Waals surface area contributed by atoms with Gasteiger partial charge in [-0.3, -0.25) is 0 Å². The van der Waals surface area contributed by atoms with E-state index in [1.54, 1.807) is 6.92 Å². The van der Waals surface area contributed by atoms with Crippen LogP contribution >= 0.6 is 0 Å². The zero-order valence-electron chi connectivity index (χ0n) is 12.8. The van der Waals surface area contributed by atoms with Crippen molar-refractivity contribution < 1.29 is 8.78 Å². The van der Waals surface area contributed by atoms with Gasteiger partial charge in [0.1, 0.15) is 17.5 Å². The van der Waals surface area contributed by atoms with Gasteiger partial charge in [0.25, 0.3) is 0 Å². The SMILES string of the molecule is Cc1c(-c2ccccc2)nc(N)c(C#N)c1-c1ccc(F)c(F)c1. The number of halogens is 2. The minimum Gasteiger partial charge on any atom is -0.383 e. The Hall–Kier alpha value is -3.26. The van der Waals surface area contributed by atoms with Crippen molar-refractivity contribution in [2.45, 2.75) is 6.92 Å². The van der Waals surface area contributed by atoms with Crippen LogP contribution in [0.3, 0.4) is 0 Å². The molecular weight excluding hydrogens is 308 g/mol. The molecule has 3 nitrogen and oxygen atoms in total. The van der Waals surface area contributed by atoms with Crippen LogP contribution in [-0.2, 0) is 0 Å². The molecule has 0 unspecified atom stereocenters. The molecule has 2 N–H and O–H groups in total. The number of hydrogen-bond acceptors (Lipinski definition) is 3. The Morgan fingerprint density at radius 3 is 2.33 bits per heavy atom. The van der Waals surface area contributed by atoms with Crippen molar-refractivity contribution in [1.82, 2.24) is 4.98 Å². The van der Waals surface area contributed by atoms with Crippen molar-refractivity contribution in [3.63, 3.8) is 0 Å². The molecule has 0 bridgehead atoms. The highest BCUT2D eigenvalue weighted by molar-refractivity contribution is 5.84.